The van der Waals surface area contributed by atoms with Gasteiger partial charge in [0.2, 0.25) is 0 Å². The summed E-state index contributed by atoms with van der Waals surface area (Å²) in [5, 5.41) is 24.2. The number of hydrazone groups is 1. The van der Waals surface area contributed by atoms with E-state index in [0.29, 0.717) is 0 Å². The molecule has 0 aliphatic heterocycles. The van der Waals surface area contributed by atoms with Crippen LogP contribution in [0.3, 0.4) is 0 Å². The number of hydrogen-bond acceptors (Lipinski definition) is 6. The fourth-order valence-corrected chi connectivity index (χ4v) is 1.90. The van der Waals surface area contributed by atoms with Crippen molar-refractivity contribution in [2.24, 2.45) is 5.10 Å². The number of rotatable bonds is 5. The zero-order chi connectivity index (χ0) is 17.7. The summed E-state index contributed by atoms with van der Waals surface area (Å²) in [5.74, 6) is -1.10. The van der Waals surface area contributed by atoms with Gasteiger partial charge in [0, 0.05) is 31.9 Å². The van der Waals surface area contributed by atoms with Crippen molar-refractivity contribution in [3.8, 4) is 5.75 Å². The summed E-state index contributed by atoms with van der Waals surface area (Å²) >= 11 is 0. The van der Waals surface area contributed by atoms with E-state index in [1.807, 2.05) is 43.3 Å². The quantitative estimate of drug-likeness (QED) is 0.496. The van der Waals surface area contributed by atoms with Crippen molar-refractivity contribution in [3.05, 3.63) is 63.7 Å². The molecule has 0 spiro atoms. The molecule has 0 saturated heterocycles. The highest BCUT2D eigenvalue weighted by atomic mass is 16.6. The Morgan fingerprint density at radius 1 is 1.25 bits per heavy atom. The fraction of sp³-hybridized carbons (Fsp3) is 0.125. The SMILES string of the molecule is CN(C)c1ccc(/C=N/NC(=O)c2cc([N+](=O)[O-])ccc2O)cc1. The summed E-state index contributed by atoms with van der Waals surface area (Å²) in [6.07, 6.45) is 1.44. The van der Waals surface area contributed by atoms with Gasteiger partial charge in [0.05, 0.1) is 16.7 Å². The van der Waals surface area contributed by atoms with Crippen LogP contribution < -0.4 is 10.3 Å². The van der Waals surface area contributed by atoms with Gasteiger partial charge >= 0.3 is 0 Å². The summed E-state index contributed by atoms with van der Waals surface area (Å²) in [5.41, 5.74) is 3.51. The number of carbonyl (C=O) groups excluding carboxylic acids is 1. The Morgan fingerprint density at radius 2 is 1.92 bits per heavy atom. The molecule has 0 unspecified atom stereocenters. The van der Waals surface area contributed by atoms with E-state index < -0.39 is 10.8 Å². The van der Waals surface area contributed by atoms with E-state index in [-0.39, 0.29) is 17.0 Å². The van der Waals surface area contributed by atoms with Crippen molar-refractivity contribution >= 4 is 23.5 Å². The molecule has 8 heteroatoms. The zero-order valence-corrected chi connectivity index (χ0v) is 13.1. The summed E-state index contributed by atoms with van der Waals surface area (Å²) in [6, 6.07) is 10.7. The van der Waals surface area contributed by atoms with Gasteiger partial charge in [0.25, 0.3) is 11.6 Å². The van der Waals surface area contributed by atoms with E-state index in [4.69, 9.17) is 0 Å². The normalized spacial score (nSPS) is 10.6. The number of nitro groups is 1. The Morgan fingerprint density at radius 3 is 2.50 bits per heavy atom. The van der Waals surface area contributed by atoms with E-state index >= 15 is 0 Å². The number of non-ortho nitro benzene ring substituents is 1. The summed E-state index contributed by atoms with van der Waals surface area (Å²) < 4.78 is 0. The van der Waals surface area contributed by atoms with E-state index in [9.17, 15) is 20.0 Å². The minimum absolute atomic E-state index is 0.218. The van der Waals surface area contributed by atoms with Gasteiger partial charge in [0.1, 0.15) is 5.75 Å². The van der Waals surface area contributed by atoms with Crippen molar-refractivity contribution in [2.45, 2.75) is 0 Å². The largest absolute Gasteiger partial charge is 0.507 e. The number of nitrogens with zero attached hydrogens (tertiary/aromatic N) is 3. The summed E-state index contributed by atoms with van der Waals surface area (Å²) in [4.78, 5) is 24.0. The molecule has 0 aliphatic rings. The highest BCUT2D eigenvalue weighted by Gasteiger charge is 2.15. The molecular weight excluding hydrogens is 312 g/mol. The minimum atomic E-state index is -0.739. The maximum atomic E-state index is 12.0. The second-order valence-corrected chi connectivity index (χ2v) is 5.14. The number of hydrogen-bond donors (Lipinski definition) is 2. The number of nitrogens with one attached hydrogen (secondary N) is 1. The third kappa shape index (κ3) is 4.07. The van der Waals surface area contributed by atoms with E-state index in [1.54, 1.807) is 0 Å². The number of phenolic OH excluding ortho intramolecular Hbond substituents is 1. The number of anilines is 1. The number of amides is 1. The van der Waals surface area contributed by atoms with Crippen LogP contribution in [0.1, 0.15) is 15.9 Å². The smallest absolute Gasteiger partial charge is 0.275 e. The molecule has 0 fully saturated rings. The molecule has 0 bridgehead atoms. The van der Waals surface area contributed by atoms with Crippen LogP contribution >= 0.6 is 0 Å². The molecular formula is C16H16N4O4. The van der Waals surface area contributed by atoms with Crippen LogP contribution in [0.2, 0.25) is 0 Å². The number of carbonyl (C=O) groups is 1. The van der Waals surface area contributed by atoms with Crippen molar-refractivity contribution in [2.75, 3.05) is 19.0 Å². The molecule has 0 radical (unpaired) electrons. The van der Waals surface area contributed by atoms with Crippen LogP contribution in [-0.2, 0) is 0 Å². The molecule has 2 aromatic carbocycles. The van der Waals surface area contributed by atoms with Crippen LogP contribution in [0.25, 0.3) is 0 Å². The summed E-state index contributed by atoms with van der Waals surface area (Å²) in [7, 11) is 3.85. The van der Waals surface area contributed by atoms with Crippen LogP contribution in [0, 0.1) is 10.1 Å². The molecule has 2 rings (SSSR count). The van der Waals surface area contributed by atoms with Crippen molar-refractivity contribution in [1.29, 1.82) is 0 Å². The number of phenols is 1. The van der Waals surface area contributed by atoms with Gasteiger partial charge in [0.15, 0.2) is 0 Å². The molecule has 0 heterocycles. The maximum Gasteiger partial charge on any atom is 0.275 e. The first-order chi connectivity index (χ1) is 11.4. The Labute approximate surface area is 138 Å². The maximum absolute atomic E-state index is 12.0. The van der Waals surface area contributed by atoms with Crippen molar-refractivity contribution in [1.82, 2.24) is 5.43 Å². The van der Waals surface area contributed by atoms with Gasteiger partial charge in [-0.05, 0) is 23.8 Å². The highest BCUT2D eigenvalue weighted by molar-refractivity contribution is 5.98. The zero-order valence-electron chi connectivity index (χ0n) is 13.1. The van der Waals surface area contributed by atoms with E-state index in [0.717, 1.165) is 29.4 Å². The lowest BCUT2D eigenvalue weighted by molar-refractivity contribution is -0.384. The molecule has 0 aliphatic carbocycles. The fourth-order valence-electron chi connectivity index (χ4n) is 1.90. The van der Waals surface area contributed by atoms with E-state index in [1.165, 1.54) is 6.21 Å². The van der Waals surface area contributed by atoms with Gasteiger partial charge < -0.3 is 10.0 Å². The highest BCUT2D eigenvalue weighted by Crippen LogP contribution is 2.22. The lowest BCUT2D eigenvalue weighted by Gasteiger charge is -2.11. The first-order valence-corrected chi connectivity index (χ1v) is 6.96. The Kier molecular flexibility index (Phi) is 5.10. The molecule has 2 aromatic rings. The number of aromatic hydroxyl groups is 1. The van der Waals surface area contributed by atoms with Gasteiger partial charge in [-0.3, -0.25) is 14.9 Å². The van der Waals surface area contributed by atoms with Gasteiger partial charge in [-0.15, -0.1) is 0 Å². The molecule has 24 heavy (non-hydrogen) atoms. The number of benzene rings is 2. The third-order valence-electron chi connectivity index (χ3n) is 3.22. The van der Waals surface area contributed by atoms with Gasteiger partial charge in [-0.1, -0.05) is 12.1 Å². The third-order valence-corrected chi connectivity index (χ3v) is 3.22. The van der Waals surface area contributed by atoms with E-state index in [2.05, 4.69) is 10.5 Å². The molecule has 2 N–H and O–H groups in total. The number of nitro benzene ring substituents is 1. The topological polar surface area (TPSA) is 108 Å². The lowest BCUT2D eigenvalue weighted by Crippen LogP contribution is -2.18. The van der Waals surface area contributed by atoms with Crippen LogP contribution in [0.15, 0.2) is 47.6 Å². The van der Waals surface area contributed by atoms with Crippen LogP contribution in [-0.4, -0.2) is 36.2 Å². The molecule has 0 aromatic heterocycles. The molecule has 0 atom stereocenters. The summed E-state index contributed by atoms with van der Waals surface area (Å²) in [6.45, 7) is 0. The Balaban J connectivity index is 2.07. The molecule has 1 amide bonds. The van der Waals surface area contributed by atoms with Crippen LogP contribution in [0.4, 0.5) is 11.4 Å². The van der Waals surface area contributed by atoms with Crippen molar-refractivity contribution in [3.63, 3.8) is 0 Å². The monoisotopic (exact) mass is 328 g/mol. The van der Waals surface area contributed by atoms with Gasteiger partial charge in [-0.2, -0.15) is 5.10 Å². The standard InChI is InChI=1S/C16H16N4O4/c1-19(2)12-5-3-11(4-6-12)10-17-18-16(22)14-9-13(20(23)24)7-8-15(14)21/h3-10,21H,1-2H3,(H,18,22)/b17-10+. The van der Waals surface area contributed by atoms with Crippen molar-refractivity contribution < 1.29 is 14.8 Å². The minimum Gasteiger partial charge on any atom is -0.507 e. The Bertz CT molecular complexity index is 785. The average molecular weight is 328 g/mol. The molecule has 124 valence electrons. The Hall–Kier alpha value is -3.42. The first kappa shape index (κ1) is 16.9. The lowest BCUT2D eigenvalue weighted by atomic mass is 10.1. The van der Waals surface area contributed by atoms with Gasteiger partial charge in [-0.25, -0.2) is 5.43 Å². The predicted octanol–water partition coefficient (Wildman–Crippen LogP) is 2.13. The second-order valence-electron chi connectivity index (χ2n) is 5.14. The predicted molar refractivity (Wildman–Crippen MR) is 90.6 cm³/mol. The van der Waals surface area contributed by atoms with Crippen LogP contribution in [0.5, 0.6) is 5.75 Å². The second kappa shape index (κ2) is 7.23. The first-order valence-electron chi connectivity index (χ1n) is 6.96. The average Bonchev–Trinajstić information content (AvgIpc) is 2.55. The molecule has 0 saturated carbocycles. The molecule has 8 nitrogen and oxygen atoms in total.